The minimum absolute atomic E-state index is 0.161. The number of esters is 2. The molecule has 1 aliphatic heterocycles. The maximum atomic E-state index is 15.5. The molecule has 1 aliphatic rings. The Hall–Kier alpha value is -2.87. The molecule has 0 amide bonds. The van der Waals surface area contributed by atoms with Crippen LogP contribution in [0, 0.1) is 5.82 Å². The molecule has 7 nitrogen and oxygen atoms in total. The quantitative estimate of drug-likeness (QED) is 0.285. The third kappa shape index (κ3) is 4.12. The number of nitrogens with zero attached hydrogens (tertiary/aromatic N) is 3. The van der Waals surface area contributed by atoms with Crippen molar-refractivity contribution < 1.29 is 23.5 Å². The number of ether oxygens (including phenoxy) is 2. The Morgan fingerprint density at radius 3 is 2.73 bits per heavy atom. The van der Waals surface area contributed by atoms with Gasteiger partial charge in [0.15, 0.2) is 0 Å². The monoisotopic (exact) mass is 475 g/mol. The lowest BCUT2D eigenvalue weighted by molar-refractivity contribution is -0.141. The van der Waals surface area contributed by atoms with Crippen molar-refractivity contribution in [3.05, 3.63) is 40.6 Å². The number of hydrogen-bond acceptors (Lipinski definition) is 5. The van der Waals surface area contributed by atoms with Gasteiger partial charge in [0, 0.05) is 42.7 Å². The third-order valence-electron chi connectivity index (χ3n) is 6.20. The first kappa shape index (κ1) is 23.3. The Labute approximate surface area is 196 Å². The normalized spacial score (nSPS) is 13.2. The van der Waals surface area contributed by atoms with Crippen molar-refractivity contribution in [2.45, 2.75) is 51.5 Å². The van der Waals surface area contributed by atoms with Crippen LogP contribution in [0.25, 0.3) is 22.0 Å². The average molecular weight is 476 g/mol. The predicted molar refractivity (Wildman–Crippen MR) is 123 cm³/mol. The summed E-state index contributed by atoms with van der Waals surface area (Å²) in [5.74, 6) is -1.09. The van der Waals surface area contributed by atoms with Crippen molar-refractivity contribution in [1.29, 1.82) is 0 Å². The number of aromatic nitrogens is 3. The number of hydrogen-bond donors (Lipinski definition) is 0. The van der Waals surface area contributed by atoms with Gasteiger partial charge in [0.1, 0.15) is 11.5 Å². The Morgan fingerprint density at radius 2 is 2.03 bits per heavy atom. The van der Waals surface area contributed by atoms with E-state index in [1.54, 1.807) is 17.7 Å². The van der Waals surface area contributed by atoms with E-state index in [9.17, 15) is 9.59 Å². The van der Waals surface area contributed by atoms with Crippen LogP contribution >= 0.6 is 11.6 Å². The lowest BCUT2D eigenvalue weighted by Crippen LogP contribution is -2.12. The van der Waals surface area contributed by atoms with Gasteiger partial charge >= 0.3 is 11.9 Å². The van der Waals surface area contributed by atoms with E-state index < -0.39 is 11.8 Å². The molecule has 3 heterocycles. The third-order valence-corrected chi connectivity index (χ3v) is 6.46. The zero-order valence-corrected chi connectivity index (χ0v) is 19.8. The van der Waals surface area contributed by atoms with Crippen molar-refractivity contribution in [3.8, 4) is 11.1 Å². The van der Waals surface area contributed by atoms with Gasteiger partial charge in [0.05, 0.1) is 30.8 Å². The molecule has 3 aromatic rings. The second-order valence-corrected chi connectivity index (χ2v) is 8.49. The summed E-state index contributed by atoms with van der Waals surface area (Å²) < 4.78 is 29.2. The number of benzene rings is 1. The smallest absolute Gasteiger partial charge is 0.354 e. The van der Waals surface area contributed by atoms with E-state index in [-0.39, 0.29) is 18.5 Å². The number of aryl methyl sites for hydroxylation is 3. The lowest BCUT2D eigenvalue weighted by atomic mass is 9.95. The first-order chi connectivity index (χ1) is 15.9. The number of methoxy groups -OCH3 is 1. The summed E-state index contributed by atoms with van der Waals surface area (Å²) in [7, 11) is 3.06. The fourth-order valence-electron chi connectivity index (χ4n) is 4.84. The van der Waals surface area contributed by atoms with Crippen LogP contribution in [0.5, 0.6) is 0 Å². The van der Waals surface area contributed by atoms with E-state index in [2.05, 4.69) is 5.10 Å². The number of alkyl halides is 1. The molecule has 0 radical (unpaired) electrons. The highest BCUT2D eigenvalue weighted by Gasteiger charge is 2.29. The van der Waals surface area contributed by atoms with Gasteiger partial charge in [-0.1, -0.05) is 0 Å². The predicted octanol–water partition coefficient (Wildman–Crippen LogP) is 4.54. The molecule has 0 N–H and O–H groups in total. The molecule has 0 bridgehead atoms. The molecule has 4 rings (SSSR count). The van der Waals surface area contributed by atoms with Crippen LogP contribution in [0.3, 0.4) is 0 Å². The molecule has 33 heavy (non-hydrogen) atoms. The fraction of sp³-hybridized carbons (Fsp3) is 0.458. The maximum absolute atomic E-state index is 15.5. The Morgan fingerprint density at radius 1 is 1.24 bits per heavy atom. The van der Waals surface area contributed by atoms with E-state index in [1.807, 2.05) is 4.68 Å². The maximum Gasteiger partial charge on any atom is 0.354 e. The largest absolute Gasteiger partial charge is 0.466 e. The summed E-state index contributed by atoms with van der Waals surface area (Å²) in [4.78, 5) is 23.9. The van der Waals surface area contributed by atoms with E-state index in [1.165, 1.54) is 20.1 Å². The molecule has 9 heteroatoms. The van der Waals surface area contributed by atoms with Crippen molar-refractivity contribution in [3.63, 3.8) is 0 Å². The van der Waals surface area contributed by atoms with E-state index >= 15 is 4.39 Å². The van der Waals surface area contributed by atoms with Gasteiger partial charge < -0.3 is 14.0 Å². The number of carbonyl (C=O) groups is 2. The van der Waals surface area contributed by atoms with Gasteiger partial charge in [-0.3, -0.25) is 9.48 Å². The van der Waals surface area contributed by atoms with Crippen molar-refractivity contribution >= 4 is 34.4 Å². The highest BCUT2D eigenvalue weighted by atomic mass is 35.5. The number of fused-ring (bicyclic) bond motifs is 2. The Kier molecular flexibility index (Phi) is 6.74. The van der Waals surface area contributed by atoms with Crippen molar-refractivity contribution in [1.82, 2.24) is 14.3 Å². The first-order valence-corrected chi connectivity index (χ1v) is 11.6. The molecule has 2 aromatic heterocycles. The zero-order valence-electron chi connectivity index (χ0n) is 19.0. The highest BCUT2D eigenvalue weighted by Crippen LogP contribution is 2.41. The second-order valence-electron chi connectivity index (χ2n) is 8.22. The van der Waals surface area contributed by atoms with Gasteiger partial charge in [0.25, 0.3) is 0 Å². The van der Waals surface area contributed by atoms with Gasteiger partial charge in [-0.15, -0.1) is 11.6 Å². The molecular formula is C24H27ClFN3O4. The van der Waals surface area contributed by atoms with Gasteiger partial charge in [0.2, 0.25) is 0 Å². The van der Waals surface area contributed by atoms with Crippen LogP contribution in [-0.2, 0) is 46.6 Å². The first-order valence-electron chi connectivity index (χ1n) is 11.0. The summed E-state index contributed by atoms with van der Waals surface area (Å²) in [5.41, 5.74) is 4.43. The van der Waals surface area contributed by atoms with E-state index in [4.69, 9.17) is 21.1 Å². The van der Waals surface area contributed by atoms with Gasteiger partial charge in [-0.05, 0) is 49.8 Å². The minimum Gasteiger partial charge on any atom is -0.466 e. The lowest BCUT2D eigenvalue weighted by Gasteiger charge is -2.16. The van der Waals surface area contributed by atoms with Crippen LogP contribution < -0.4 is 0 Å². The van der Waals surface area contributed by atoms with Crippen LogP contribution in [0.1, 0.15) is 53.6 Å². The van der Waals surface area contributed by atoms with Crippen LogP contribution in [0.4, 0.5) is 4.39 Å². The fourth-order valence-corrected chi connectivity index (χ4v) is 5.03. The molecule has 0 atom stereocenters. The van der Waals surface area contributed by atoms with Crippen molar-refractivity contribution in [2.24, 2.45) is 7.05 Å². The standard InChI is InChI=1S/C24H27ClFN3O4/c1-14(30)33-12-6-7-15-16-9-10-17(26)20(22(16)28(2)23(15)24(31)32-3)21-18(13-25)27-29-11-5-4-8-19(21)29/h9-10H,4-8,11-13H2,1-3H3. The summed E-state index contributed by atoms with van der Waals surface area (Å²) in [6, 6.07) is 3.12. The van der Waals surface area contributed by atoms with Gasteiger partial charge in [-0.2, -0.15) is 5.10 Å². The molecule has 0 saturated carbocycles. The van der Waals surface area contributed by atoms with Crippen LogP contribution in [0.15, 0.2) is 12.1 Å². The highest BCUT2D eigenvalue weighted by molar-refractivity contribution is 6.17. The molecule has 1 aromatic carbocycles. The molecule has 0 aliphatic carbocycles. The van der Waals surface area contributed by atoms with E-state index in [0.29, 0.717) is 35.3 Å². The number of carbonyl (C=O) groups excluding carboxylic acids is 2. The summed E-state index contributed by atoms with van der Waals surface area (Å²) in [6.45, 7) is 2.36. The van der Waals surface area contributed by atoms with Gasteiger partial charge in [-0.25, -0.2) is 9.18 Å². The molecular weight excluding hydrogens is 449 g/mol. The Balaban J connectivity index is 1.95. The molecule has 0 spiro atoms. The summed E-state index contributed by atoms with van der Waals surface area (Å²) in [6.07, 6.45) is 3.80. The average Bonchev–Trinajstić information content (AvgIpc) is 3.31. The molecule has 0 fully saturated rings. The minimum atomic E-state index is -0.503. The molecule has 176 valence electrons. The number of rotatable bonds is 7. The number of halogens is 2. The molecule has 0 saturated heterocycles. The summed E-state index contributed by atoms with van der Waals surface area (Å²) in [5, 5.41) is 5.41. The second kappa shape index (κ2) is 9.55. The zero-order chi connectivity index (χ0) is 23.7. The Bertz CT molecular complexity index is 1230. The topological polar surface area (TPSA) is 75.4 Å². The van der Waals surface area contributed by atoms with E-state index in [0.717, 1.165) is 48.0 Å². The van der Waals surface area contributed by atoms with Crippen molar-refractivity contribution in [2.75, 3.05) is 13.7 Å². The molecule has 0 unspecified atom stereocenters. The summed E-state index contributed by atoms with van der Waals surface area (Å²) >= 11 is 6.24. The van der Waals surface area contributed by atoms with Crippen LogP contribution in [0.2, 0.25) is 0 Å². The SMILES string of the molecule is COC(=O)c1c(CCCOC(C)=O)c2ccc(F)c(-c3c(CCl)nn4c3CCCC4)c2n1C. The van der Waals surface area contributed by atoms with Crippen LogP contribution in [-0.4, -0.2) is 40.0 Å².